The molecule has 0 saturated heterocycles. The molecule has 0 radical (unpaired) electrons. The van der Waals surface area contributed by atoms with Gasteiger partial charge in [0.25, 0.3) is 0 Å². The van der Waals surface area contributed by atoms with Crippen LogP contribution in [0.2, 0.25) is 0 Å². The van der Waals surface area contributed by atoms with Crippen LogP contribution in [0, 0.1) is 38.9 Å². The number of hydrogen-bond acceptors (Lipinski definition) is 6. The molecule has 0 aliphatic heterocycles. The molecule has 3 aliphatic carbocycles. The van der Waals surface area contributed by atoms with Gasteiger partial charge in [-0.1, -0.05) is 140 Å². The number of allylic oxidation sites excluding steroid dienone is 22. The Hall–Kier alpha value is -4.35. The molecule has 0 bridgehead atoms. The molecule has 64 heavy (non-hydrogen) atoms. The van der Waals surface area contributed by atoms with Gasteiger partial charge in [0.2, 0.25) is 7.37 Å². The van der Waals surface area contributed by atoms with Crippen molar-refractivity contribution in [2.75, 3.05) is 19.4 Å². The van der Waals surface area contributed by atoms with Crippen molar-refractivity contribution >= 4 is 19.9 Å². The molecule has 3 rings (SSSR count). The number of hydrogen-bond donors (Lipinski definition) is 0. The van der Waals surface area contributed by atoms with E-state index in [-0.39, 0.29) is 22.4 Å². The summed E-state index contributed by atoms with van der Waals surface area (Å²) >= 11 is 0. The monoisotopic (exact) mass is 893 g/mol. The lowest BCUT2D eigenvalue weighted by Crippen LogP contribution is -2.08. The fraction of sp³-hybridized carbons (Fsp3) is 0.544. The maximum Gasteiger partial charge on any atom is 0.213 e. The summed E-state index contributed by atoms with van der Waals surface area (Å²) in [5, 5.41) is 16.7. The second-order valence-electron chi connectivity index (χ2n) is 20.0. The van der Waals surface area contributed by atoms with Gasteiger partial charge in [-0.15, -0.1) is 0 Å². The van der Waals surface area contributed by atoms with Crippen LogP contribution in [0.15, 0.2) is 129 Å². The summed E-state index contributed by atoms with van der Waals surface area (Å²) in [6, 6.07) is 3.83. The molecule has 3 aliphatic rings. The van der Waals surface area contributed by atoms with Gasteiger partial charge in [0, 0.05) is 12.7 Å². The Morgan fingerprint density at radius 1 is 0.578 bits per heavy atom. The molecule has 0 aromatic rings. The molecule has 0 aromatic heterocycles. The van der Waals surface area contributed by atoms with E-state index < -0.39 is 7.37 Å². The Kier molecular flexibility index (Phi) is 29.4. The van der Waals surface area contributed by atoms with E-state index in [2.05, 4.69) is 120 Å². The highest BCUT2D eigenvalue weighted by Gasteiger charge is 2.17. The summed E-state index contributed by atoms with van der Waals surface area (Å²) in [4.78, 5) is 21.0. The molecule has 0 amide bonds. The van der Waals surface area contributed by atoms with E-state index in [1.165, 1.54) is 140 Å². The van der Waals surface area contributed by atoms with Crippen LogP contribution in [0.3, 0.4) is 0 Å². The molecular weight excluding hydrogens is 808 g/mol. The maximum atomic E-state index is 11.0. The highest BCUT2D eigenvalue weighted by Crippen LogP contribution is 2.41. The second-order valence-corrected chi connectivity index (χ2v) is 22.7. The van der Waals surface area contributed by atoms with Crippen LogP contribution in [0.25, 0.3) is 0 Å². The number of nitriles is 2. The van der Waals surface area contributed by atoms with Gasteiger partial charge >= 0.3 is 0 Å². The molecular formula is C57H85N2O4P. The largest absolute Gasteiger partial charge is 0.328 e. The Balaban J connectivity index is 0.000000852. The van der Waals surface area contributed by atoms with E-state index in [1.54, 1.807) is 19.1 Å². The lowest BCUT2D eigenvalue weighted by Gasteiger charge is -2.21. The quantitative estimate of drug-likeness (QED) is 0.0599. The van der Waals surface area contributed by atoms with E-state index in [1.807, 2.05) is 30.4 Å². The lowest BCUT2D eigenvalue weighted by molar-refractivity contribution is -0.104. The van der Waals surface area contributed by atoms with Crippen molar-refractivity contribution < 1.29 is 18.7 Å². The fourth-order valence-electron chi connectivity index (χ4n) is 7.07. The van der Waals surface area contributed by atoms with Crippen LogP contribution in [-0.4, -0.2) is 32.0 Å². The Morgan fingerprint density at radius 3 is 1.23 bits per heavy atom. The van der Waals surface area contributed by atoms with Crippen molar-refractivity contribution in [2.24, 2.45) is 16.2 Å². The summed E-state index contributed by atoms with van der Waals surface area (Å²) < 4.78 is 15.8. The third-order valence-electron chi connectivity index (χ3n) is 11.3. The third-order valence-corrected chi connectivity index (χ3v) is 12.8. The molecule has 6 nitrogen and oxygen atoms in total. The third kappa shape index (κ3) is 27.1. The van der Waals surface area contributed by atoms with Crippen molar-refractivity contribution in [3.05, 3.63) is 129 Å². The van der Waals surface area contributed by atoms with Crippen molar-refractivity contribution in [1.29, 1.82) is 10.5 Å². The number of aldehydes is 2. The van der Waals surface area contributed by atoms with Gasteiger partial charge < -0.3 is 4.52 Å². The minimum Gasteiger partial charge on any atom is -0.328 e. The van der Waals surface area contributed by atoms with E-state index in [0.717, 1.165) is 18.1 Å². The van der Waals surface area contributed by atoms with E-state index >= 15 is 0 Å². The molecule has 1 atom stereocenters. The van der Waals surface area contributed by atoms with Gasteiger partial charge in [-0.25, -0.2) is 0 Å². The first-order valence-electron chi connectivity index (χ1n) is 23.4. The fourth-order valence-corrected chi connectivity index (χ4v) is 7.97. The topological polar surface area (TPSA) is 108 Å². The number of rotatable bonds is 13. The molecule has 0 N–H and O–H groups in total. The van der Waals surface area contributed by atoms with Gasteiger partial charge in [0.1, 0.15) is 18.7 Å². The standard InChI is InChI=1S/C18H25N.C18H26O.C16H24O.C5H10NO2P/c2*1-15-9-5-6-10-16(15)12-13-17(18(2,3)4)11-7-8-14-19;1-13-7-5-6-8-14(13)9-10-15(11-12-17)16(2,3)4;1-3-8-9(2,7)5-4-6/h7-8,11-13H,5-6,9-10H2,1-4H3;7-8,11-14H,5-6,9-10H2,1-4H3;9-12H,5-8H2,1-4H3;3,5H2,1-2H3/b2*8-7+,13-12+,17-11-;10-9+,15-11-;. The van der Waals surface area contributed by atoms with Gasteiger partial charge in [-0.3, -0.25) is 14.2 Å². The first kappa shape index (κ1) is 59.6. The Morgan fingerprint density at radius 2 is 0.938 bits per heavy atom. The predicted octanol–water partition coefficient (Wildman–Crippen LogP) is 16.7. The Labute approximate surface area is 391 Å². The minimum atomic E-state index is -2.55. The molecule has 0 saturated carbocycles. The number of carbonyl (C=O) groups excluding carboxylic acids is 2. The summed E-state index contributed by atoms with van der Waals surface area (Å²) in [7, 11) is -2.55. The second kappa shape index (κ2) is 31.5. The van der Waals surface area contributed by atoms with E-state index in [0.29, 0.717) is 6.61 Å². The number of carbonyl (C=O) groups is 2. The molecule has 7 heteroatoms. The van der Waals surface area contributed by atoms with Crippen LogP contribution in [0.1, 0.15) is 167 Å². The van der Waals surface area contributed by atoms with Crippen LogP contribution in [0.5, 0.6) is 0 Å². The minimum absolute atomic E-state index is 0.0147. The van der Waals surface area contributed by atoms with Crippen LogP contribution in [-0.2, 0) is 18.7 Å². The molecule has 1 unspecified atom stereocenters. The lowest BCUT2D eigenvalue weighted by atomic mass is 9.84. The molecule has 0 heterocycles. The predicted molar refractivity (Wildman–Crippen MR) is 275 cm³/mol. The van der Waals surface area contributed by atoms with Gasteiger partial charge in [-0.05, 0) is 167 Å². The average Bonchev–Trinajstić information content (AvgIpc) is 3.20. The first-order chi connectivity index (χ1) is 30.0. The molecule has 0 aromatic carbocycles. The molecule has 0 fully saturated rings. The van der Waals surface area contributed by atoms with E-state index in [9.17, 15) is 14.2 Å². The zero-order valence-corrected chi connectivity index (χ0v) is 43.4. The van der Waals surface area contributed by atoms with Crippen molar-refractivity contribution in [3.8, 4) is 12.1 Å². The molecule has 0 spiro atoms. The van der Waals surface area contributed by atoms with Crippen molar-refractivity contribution in [2.45, 2.75) is 167 Å². The van der Waals surface area contributed by atoms with Gasteiger partial charge in [0.05, 0.1) is 18.7 Å². The maximum absolute atomic E-state index is 11.0. The van der Waals surface area contributed by atoms with Crippen molar-refractivity contribution in [1.82, 2.24) is 0 Å². The van der Waals surface area contributed by atoms with Gasteiger partial charge in [0.15, 0.2) is 0 Å². The highest BCUT2D eigenvalue weighted by molar-refractivity contribution is 7.58. The van der Waals surface area contributed by atoms with Crippen LogP contribution < -0.4 is 0 Å². The van der Waals surface area contributed by atoms with E-state index in [4.69, 9.17) is 15.0 Å². The van der Waals surface area contributed by atoms with Crippen LogP contribution in [0.4, 0.5) is 0 Å². The summed E-state index contributed by atoms with van der Waals surface area (Å²) in [5.41, 5.74) is 12.8. The summed E-state index contributed by atoms with van der Waals surface area (Å²) in [6.07, 6.45) is 42.6. The highest BCUT2D eigenvalue weighted by atomic mass is 31.2. The van der Waals surface area contributed by atoms with Crippen LogP contribution >= 0.6 is 7.37 Å². The average molecular weight is 893 g/mol. The summed E-state index contributed by atoms with van der Waals surface area (Å²) in [6.45, 7) is 29.9. The first-order valence-corrected chi connectivity index (χ1v) is 25.7. The summed E-state index contributed by atoms with van der Waals surface area (Å²) in [5.74, 6) is 0. The van der Waals surface area contributed by atoms with Crippen molar-refractivity contribution in [3.63, 3.8) is 0 Å². The smallest absolute Gasteiger partial charge is 0.213 e. The Bertz CT molecular complexity index is 1970. The normalized spacial score (nSPS) is 18.3. The number of nitrogens with zero attached hydrogens (tertiary/aromatic N) is 2. The zero-order valence-electron chi connectivity index (χ0n) is 42.5. The molecule has 352 valence electrons. The van der Waals surface area contributed by atoms with Gasteiger partial charge in [-0.2, -0.15) is 10.5 Å². The zero-order chi connectivity index (χ0) is 48.8. The SMILES string of the molecule is CC1=C(/C=C/C(=C/C=C/C#N)C(C)(C)C)CCCC1.CC1=C(/C=C/C(=C/C=C/C=O)C(C)(C)C)CCCC1.CC1=C(/C=C/C(=C/C=O)C(C)(C)C)CCCC1.CCOP(C)(=O)CC#N.